The number of nitrogens with zero attached hydrogens (tertiary/aromatic N) is 5. The zero-order chi connectivity index (χ0) is 45.0. The van der Waals surface area contributed by atoms with Gasteiger partial charge in [-0.2, -0.15) is 0 Å². The van der Waals surface area contributed by atoms with Crippen molar-refractivity contribution < 1.29 is 0 Å². The van der Waals surface area contributed by atoms with E-state index in [9.17, 15) is 0 Å². The van der Waals surface area contributed by atoms with Crippen molar-refractivity contribution in [3.05, 3.63) is 249 Å². The minimum absolute atomic E-state index is 0.608. The Labute approximate surface area is 393 Å². The predicted molar refractivity (Wildman–Crippen MR) is 281 cm³/mol. The molecule has 5 nitrogen and oxygen atoms in total. The maximum absolute atomic E-state index is 5.35. The first-order chi connectivity index (χ1) is 33.7. The average molecular weight is 868 g/mol. The first kappa shape index (κ1) is 39.2. The molecular formula is C63H41N5. The Bertz CT molecular complexity index is 3880. The molecule has 0 bridgehead atoms. The summed E-state index contributed by atoms with van der Waals surface area (Å²) in [6.45, 7) is 0. The molecule has 0 radical (unpaired) electrons. The number of para-hydroxylation sites is 2. The maximum Gasteiger partial charge on any atom is 0.235 e. The van der Waals surface area contributed by atoms with Crippen molar-refractivity contribution in [1.29, 1.82) is 0 Å². The van der Waals surface area contributed by atoms with Gasteiger partial charge in [-0.1, -0.05) is 176 Å². The molecule has 68 heavy (non-hydrogen) atoms. The smallest absolute Gasteiger partial charge is 0.235 e. The van der Waals surface area contributed by atoms with E-state index in [1.54, 1.807) is 0 Å². The van der Waals surface area contributed by atoms with Gasteiger partial charge in [-0.05, 0) is 95.1 Å². The SMILES string of the molecule is c1ccc(-c2cc(-c3ccccc3)nc(-c3ccc4c(c3)c3cc(-c5ccc6c(c5)c5ccccc5n6-c5ccccc5)ccc3n4-c3nc(-c4ccccc4)cc(-c4ccccc4)n3)c2)cc1. The number of benzene rings is 9. The Balaban J connectivity index is 1.05. The molecule has 0 unspecified atom stereocenters. The van der Waals surface area contributed by atoms with Crippen LogP contribution in [0.5, 0.6) is 0 Å². The summed E-state index contributed by atoms with van der Waals surface area (Å²) in [6, 6.07) is 88.0. The molecule has 5 heteroatoms. The Morgan fingerprint density at radius 2 is 0.603 bits per heavy atom. The second kappa shape index (κ2) is 16.4. The lowest BCUT2D eigenvalue weighted by molar-refractivity contribution is 0.995. The summed E-state index contributed by atoms with van der Waals surface area (Å²) in [6.07, 6.45) is 0. The van der Waals surface area contributed by atoms with Crippen LogP contribution in [0.1, 0.15) is 0 Å². The molecule has 318 valence electrons. The molecule has 0 spiro atoms. The highest BCUT2D eigenvalue weighted by Crippen LogP contribution is 2.40. The summed E-state index contributed by atoms with van der Waals surface area (Å²) in [5, 5.41) is 4.62. The molecule has 0 saturated heterocycles. The molecule has 13 rings (SSSR count). The molecule has 0 N–H and O–H groups in total. The van der Waals surface area contributed by atoms with Crippen LogP contribution >= 0.6 is 0 Å². The van der Waals surface area contributed by atoms with Gasteiger partial charge in [0, 0.05) is 49.5 Å². The van der Waals surface area contributed by atoms with E-state index >= 15 is 0 Å². The zero-order valence-electron chi connectivity index (χ0n) is 36.9. The third-order valence-corrected chi connectivity index (χ3v) is 13.1. The Morgan fingerprint density at radius 1 is 0.221 bits per heavy atom. The highest BCUT2D eigenvalue weighted by Gasteiger charge is 2.20. The van der Waals surface area contributed by atoms with Crippen LogP contribution in [0.2, 0.25) is 0 Å². The molecule has 0 atom stereocenters. The third-order valence-electron chi connectivity index (χ3n) is 13.1. The fourth-order valence-corrected chi connectivity index (χ4v) is 9.87. The van der Waals surface area contributed by atoms with Crippen molar-refractivity contribution in [2.75, 3.05) is 0 Å². The molecule has 0 aliphatic carbocycles. The summed E-state index contributed by atoms with van der Waals surface area (Å²) in [4.78, 5) is 16.1. The highest BCUT2D eigenvalue weighted by molar-refractivity contribution is 6.13. The van der Waals surface area contributed by atoms with Crippen LogP contribution < -0.4 is 0 Å². The molecule has 0 aliphatic heterocycles. The van der Waals surface area contributed by atoms with Crippen LogP contribution in [-0.4, -0.2) is 24.1 Å². The molecule has 0 aliphatic rings. The second-order valence-corrected chi connectivity index (χ2v) is 17.2. The topological polar surface area (TPSA) is 48.5 Å². The molecule has 4 aromatic heterocycles. The molecule has 0 amide bonds. The van der Waals surface area contributed by atoms with Crippen LogP contribution in [0.3, 0.4) is 0 Å². The summed E-state index contributed by atoms with van der Waals surface area (Å²) in [5.74, 6) is 0.608. The lowest BCUT2D eigenvalue weighted by atomic mass is 9.98. The molecule has 4 heterocycles. The van der Waals surface area contributed by atoms with Crippen molar-refractivity contribution in [2.45, 2.75) is 0 Å². The average Bonchev–Trinajstić information content (AvgIpc) is 3.93. The van der Waals surface area contributed by atoms with E-state index in [0.717, 1.165) is 94.8 Å². The zero-order valence-corrected chi connectivity index (χ0v) is 36.9. The van der Waals surface area contributed by atoms with Gasteiger partial charge < -0.3 is 4.57 Å². The van der Waals surface area contributed by atoms with Gasteiger partial charge in [-0.15, -0.1) is 0 Å². The van der Waals surface area contributed by atoms with Gasteiger partial charge in [-0.25, -0.2) is 15.0 Å². The van der Waals surface area contributed by atoms with Crippen LogP contribution in [0.25, 0.3) is 123 Å². The summed E-state index contributed by atoms with van der Waals surface area (Å²) >= 11 is 0. The third kappa shape index (κ3) is 6.84. The number of fused-ring (bicyclic) bond motifs is 6. The molecule has 9 aromatic carbocycles. The number of hydrogen-bond donors (Lipinski definition) is 0. The van der Waals surface area contributed by atoms with Crippen molar-refractivity contribution in [3.8, 4) is 78.9 Å². The van der Waals surface area contributed by atoms with Gasteiger partial charge in [0.25, 0.3) is 0 Å². The first-order valence-electron chi connectivity index (χ1n) is 23.0. The number of aromatic nitrogens is 5. The van der Waals surface area contributed by atoms with Gasteiger partial charge in [0.15, 0.2) is 0 Å². The predicted octanol–water partition coefficient (Wildman–Crippen LogP) is 16.1. The molecule has 0 saturated carbocycles. The second-order valence-electron chi connectivity index (χ2n) is 17.2. The van der Waals surface area contributed by atoms with E-state index < -0.39 is 0 Å². The van der Waals surface area contributed by atoms with E-state index in [2.05, 4.69) is 240 Å². The van der Waals surface area contributed by atoms with E-state index in [0.29, 0.717) is 5.95 Å². The van der Waals surface area contributed by atoms with Gasteiger partial charge >= 0.3 is 0 Å². The standard InChI is InChI=1S/C63H41N5/c1-6-18-42(19-7-1)49-39-55(43-20-8-2-9-21-43)64-56(40-49)48-32-35-62-54(38-48)53-37-47(46-30-33-60-52(36-46)51-28-16-17-29-59(51)67(60)50-26-14-5-15-27-50)31-34-61(53)68(62)63-65-57(44-22-10-3-11-23-44)41-58(66-63)45-24-12-4-13-25-45/h1-41H. The van der Waals surface area contributed by atoms with Crippen molar-refractivity contribution in [3.63, 3.8) is 0 Å². The summed E-state index contributed by atoms with van der Waals surface area (Å²) < 4.78 is 4.60. The lowest BCUT2D eigenvalue weighted by Crippen LogP contribution is -2.04. The Morgan fingerprint density at radius 3 is 1.15 bits per heavy atom. The summed E-state index contributed by atoms with van der Waals surface area (Å²) in [5.41, 5.74) is 17.7. The van der Waals surface area contributed by atoms with Crippen LogP contribution in [0, 0.1) is 0 Å². The maximum atomic E-state index is 5.35. The van der Waals surface area contributed by atoms with Gasteiger partial charge in [0.2, 0.25) is 5.95 Å². The number of rotatable bonds is 8. The minimum Gasteiger partial charge on any atom is -0.309 e. The van der Waals surface area contributed by atoms with Crippen LogP contribution in [0.15, 0.2) is 249 Å². The lowest BCUT2D eigenvalue weighted by Gasteiger charge is -2.12. The minimum atomic E-state index is 0.608. The first-order valence-corrected chi connectivity index (χ1v) is 23.0. The fraction of sp³-hybridized carbons (Fsp3) is 0. The van der Waals surface area contributed by atoms with E-state index in [1.807, 2.05) is 18.2 Å². The molecule has 0 fully saturated rings. The Kier molecular flexibility index (Phi) is 9.43. The van der Waals surface area contributed by atoms with Crippen LogP contribution in [-0.2, 0) is 0 Å². The number of hydrogen-bond acceptors (Lipinski definition) is 3. The monoisotopic (exact) mass is 867 g/mol. The van der Waals surface area contributed by atoms with Crippen molar-refractivity contribution in [2.24, 2.45) is 0 Å². The largest absolute Gasteiger partial charge is 0.309 e. The van der Waals surface area contributed by atoms with Crippen molar-refractivity contribution in [1.82, 2.24) is 24.1 Å². The van der Waals surface area contributed by atoms with Crippen molar-refractivity contribution >= 4 is 43.6 Å². The van der Waals surface area contributed by atoms with Gasteiger partial charge in [0.1, 0.15) is 0 Å². The molecule has 13 aromatic rings. The normalized spacial score (nSPS) is 11.5. The van der Waals surface area contributed by atoms with E-state index in [-0.39, 0.29) is 0 Å². The van der Waals surface area contributed by atoms with E-state index in [4.69, 9.17) is 15.0 Å². The van der Waals surface area contributed by atoms with Gasteiger partial charge in [0.05, 0.1) is 44.8 Å². The number of pyridine rings is 1. The van der Waals surface area contributed by atoms with Gasteiger partial charge in [-0.3, -0.25) is 4.57 Å². The van der Waals surface area contributed by atoms with E-state index in [1.165, 1.54) is 21.8 Å². The van der Waals surface area contributed by atoms with Crippen LogP contribution in [0.4, 0.5) is 0 Å². The molecular weight excluding hydrogens is 827 g/mol. The fourth-order valence-electron chi connectivity index (χ4n) is 9.87. The Hall–Kier alpha value is -9.19. The highest BCUT2D eigenvalue weighted by atomic mass is 15.2. The quantitative estimate of drug-likeness (QED) is 0.153. The summed E-state index contributed by atoms with van der Waals surface area (Å²) in [7, 11) is 0.